The van der Waals surface area contributed by atoms with Crippen LogP contribution in [0.2, 0.25) is 0 Å². The van der Waals surface area contributed by atoms with Crippen molar-refractivity contribution in [2.24, 2.45) is 0 Å². The van der Waals surface area contributed by atoms with E-state index in [0.29, 0.717) is 12.3 Å². The molecule has 1 aliphatic rings. The lowest BCUT2D eigenvalue weighted by Gasteiger charge is -2.28. The Morgan fingerprint density at radius 2 is 2.08 bits per heavy atom. The van der Waals surface area contributed by atoms with Gasteiger partial charge in [0.15, 0.2) is 6.61 Å². The molecular weight excluding hydrogens is 332 g/mol. The summed E-state index contributed by atoms with van der Waals surface area (Å²) in [6, 6.07) is 9.87. The first-order chi connectivity index (χ1) is 12.5. The average molecular weight is 356 g/mol. The molecule has 0 saturated heterocycles. The number of amides is 1. The van der Waals surface area contributed by atoms with Gasteiger partial charge < -0.3 is 14.5 Å². The van der Waals surface area contributed by atoms with Crippen molar-refractivity contribution in [3.05, 3.63) is 63.7 Å². The molecule has 1 aromatic heterocycles. The van der Waals surface area contributed by atoms with E-state index >= 15 is 0 Å². The van der Waals surface area contributed by atoms with Gasteiger partial charge in [0.25, 0.3) is 5.91 Å². The highest BCUT2D eigenvalue weighted by atomic mass is 16.5. The Hall–Kier alpha value is -2.60. The number of fused-ring (bicyclic) bond motifs is 1. The highest BCUT2D eigenvalue weighted by molar-refractivity contribution is 5.77. The molecule has 3 rings (SSSR count). The third kappa shape index (κ3) is 4.73. The maximum Gasteiger partial charge on any atom is 0.258 e. The van der Waals surface area contributed by atoms with E-state index in [0.717, 1.165) is 19.5 Å². The van der Waals surface area contributed by atoms with Crippen LogP contribution in [-0.2, 0) is 24.3 Å². The van der Waals surface area contributed by atoms with Crippen molar-refractivity contribution in [2.45, 2.75) is 39.4 Å². The summed E-state index contributed by atoms with van der Waals surface area (Å²) in [6.45, 7) is 5.85. The van der Waals surface area contributed by atoms with Crippen LogP contribution in [-0.4, -0.2) is 30.0 Å². The standard InChI is InChI=1S/C20H24N2O4/c1-14(2)21-20(24)13-26-19-12-25-17(9-18(19)23)11-22-8-7-15-5-3-4-6-16(15)10-22/h3-6,9,12,14H,7-8,10-11,13H2,1-2H3,(H,21,24). The first-order valence-electron chi connectivity index (χ1n) is 8.84. The van der Waals surface area contributed by atoms with Crippen LogP contribution in [0.5, 0.6) is 5.75 Å². The Morgan fingerprint density at radius 3 is 2.81 bits per heavy atom. The van der Waals surface area contributed by atoms with Crippen LogP contribution in [0.4, 0.5) is 0 Å². The molecule has 1 aliphatic heterocycles. The fourth-order valence-corrected chi connectivity index (χ4v) is 3.04. The zero-order valence-corrected chi connectivity index (χ0v) is 15.2. The van der Waals surface area contributed by atoms with Crippen LogP contribution < -0.4 is 15.5 Å². The number of benzene rings is 1. The van der Waals surface area contributed by atoms with E-state index in [-0.39, 0.29) is 29.7 Å². The van der Waals surface area contributed by atoms with E-state index in [2.05, 4.69) is 28.4 Å². The second kappa shape index (κ2) is 8.19. The van der Waals surface area contributed by atoms with Gasteiger partial charge in [-0.15, -0.1) is 0 Å². The summed E-state index contributed by atoms with van der Waals surface area (Å²) >= 11 is 0. The third-order valence-corrected chi connectivity index (χ3v) is 4.25. The van der Waals surface area contributed by atoms with E-state index in [9.17, 15) is 9.59 Å². The fourth-order valence-electron chi connectivity index (χ4n) is 3.04. The molecule has 1 aromatic carbocycles. The molecule has 0 radical (unpaired) electrons. The maximum absolute atomic E-state index is 12.2. The van der Waals surface area contributed by atoms with Gasteiger partial charge in [-0.3, -0.25) is 14.5 Å². The van der Waals surface area contributed by atoms with Crippen LogP contribution in [0.1, 0.15) is 30.7 Å². The van der Waals surface area contributed by atoms with Crippen molar-refractivity contribution in [1.29, 1.82) is 0 Å². The van der Waals surface area contributed by atoms with E-state index in [1.165, 1.54) is 23.5 Å². The number of rotatable bonds is 6. The zero-order valence-electron chi connectivity index (χ0n) is 15.2. The van der Waals surface area contributed by atoms with Gasteiger partial charge in [-0.1, -0.05) is 24.3 Å². The number of carbonyl (C=O) groups is 1. The smallest absolute Gasteiger partial charge is 0.258 e. The minimum Gasteiger partial charge on any atom is -0.477 e. The summed E-state index contributed by atoms with van der Waals surface area (Å²) in [5.74, 6) is 0.375. The summed E-state index contributed by atoms with van der Waals surface area (Å²) in [7, 11) is 0. The number of ether oxygens (including phenoxy) is 1. The topological polar surface area (TPSA) is 71.8 Å². The van der Waals surface area contributed by atoms with E-state index in [1.807, 2.05) is 19.9 Å². The van der Waals surface area contributed by atoms with E-state index in [1.54, 1.807) is 0 Å². The molecule has 1 amide bonds. The molecule has 6 nitrogen and oxygen atoms in total. The van der Waals surface area contributed by atoms with Crippen LogP contribution >= 0.6 is 0 Å². The predicted molar refractivity (Wildman–Crippen MR) is 98.0 cm³/mol. The van der Waals surface area contributed by atoms with Gasteiger partial charge in [0.1, 0.15) is 12.0 Å². The minimum atomic E-state index is -0.277. The molecule has 0 spiro atoms. The third-order valence-electron chi connectivity index (χ3n) is 4.25. The summed E-state index contributed by atoms with van der Waals surface area (Å²) in [5.41, 5.74) is 2.42. The van der Waals surface area contributed by atoms with Crippen molar-refractivity contribution in [1.82, 2.24) is 10.2 Å². The van der Waals surface area contributed by atoms with E-state index in [4.69, 9.17) is 9.15 Å². The molecule has 0 bridgehead atoms. The van der Waals surface area contributed by atoms with Crippen molar-refractivity contribution in [3.8, 4) is 5.75 Å². The molecule has 2 heterocycles. The van der Waals surface area contributed by atoms with Crippen molar-refractivity contribution >= 4 is 5.91 Å². The largest absolute Gasteiger partial charge is 0.477 e. The van der Waals surface area contributed by atoms with Crippen molar-refractivity contribution < 1.29 is 13.9 Å². The lowest BCUT2D eigenvalue weighted by atomic mass is 10.00. The Balaban J connectivity index is 1.58. The van der Waals surface area contributed by atoms with Crippen molar-refractivity contribution in [3.63, 3.8) is 0 Å². The normalized spacial score (nSPS) is 14.1. The lowest BCUT2D eigenvalue weighted by Crippen LogP contribution is -2.34. The van der Waals surface area contributed by atoms with Crippen LogP contribution in [0.15, 0.2) is 45.8 Å². The summed E-state index contributed by atoms with van der Waals surface area (Å²) < 4.78 is 10.8. The molecule has 0 atom stereocenters. The summed E-state index contributed by atoms with van der Waals surface area (Å²) in [6.07, 6.45) is 2.28. The van der Waals surface area contributed by atoms with Gasteiger partial charge in [-0.2, -0.15) is 0 Å². The van der Waals surface area contributed by atoms with Gasteiger partial charge in [0, 0.05) is 25.2 Å². The molecule has 0 unspecified atom stereocenters. The lowest BCUT2D eigenvalue weighted by molar-refractivity contribution is -0.123. The Labute approximate surface area is 152 Å². The van der Waals surface area contributed by atoms with Gasteiger partial charge in [0.05, 0.1) is 6.54 Å². The van der Waals surface area contributed by atoms with Crippen LogP contribution in [0.25, 0.3) is 0 Å². The van der Waals surface area contributed by atoms with Crippen molar-refractivity contribution in [2.75, 3.05) is 13.2 Å². The highest BCUT2D eigenvalue weighted by Gasteiger charge is 2.17. The molecule has 2 aromatic rings. The van der Waals surface area contributed by atoms with Crippen LogP contribution in [0, 0.1) is 0 Å². The predicted octanol–water partition coefficient (Wildman–Crippen LogP) is 2.10. The molecule has 0 aliphatic carbocycles. The molecule has 6 heteroatoms. The SMILES string of the molecule is CC(C)NC(=O)COc1coc(CN2CCc3ccccc3C2)cc1=O. The Bertz CT molecular complexity index is 829. The fraction of sp³-hybridized carbons (Fsp3) is 0.400. The number of carbonyl (C=O) groups excluding carboxylic acids is 1. The monoisotopic (exact) mass is 356 g/mol. The number of nitrogens with one attached hydrogen (secondary N) is 1. The minimum absolute atomic E-state index is 0.0274. The second-order valence-corrected chi connectivity index (χ2v) is 6.82. The molecular formula is C20H24N2O4. The zero-order chi connectivity index (χ0) is 18.5. The first kappa shape index (κ1) is 18.2. The second-order valence-electron chi connectivity index (χ2n) is 6.82. The Morgan fingerprint density at radius 1 is 1.31 bits per heavy atom. The van der Waals surface area contributed by atoms with Crippen LogP contribution in [0.3, 0.4) is 0 Å². The maximum atomic E-state index is 12.2. The summed E-state index contributed by atoms with van der Waals surface area (Å²) in [5, 5.41) is 2.70. The molecule has 0 fully saturated rings. The number of hydrogen-bond donors (Lipinski definition) is 1. The highest BCUT2D eigenvalue weighted by Crippen LogP contribution is 2.20. The molecule has 138 valence electrons. The Kier molecular flexibility index (Phi) is 5.73. The van der Waals surface area contributed by atoms with Gasteiger partial charge in [-0.05, 0) is 31.4 Å². The number of nitrogens with zero attached hydrogens (tertiary/aromatic N) is 1. The summed E-state index contributed by atoms with van der Waals surface area (Å²) in [4.78, 5) is 26.0. The van der Waals surface area contributed by atoms with Gasteiger partial charge in [0.2, 0.25) is 11.2 Å². The van der Waals surface area contributed by atoms with Gasteiger partial charge in [-0.25, -0.2) is 0 Å². The molecule has 0 saturated carbocycles. The van der Waals surface area contributed by atoms with E-state index < -0.39 is 0 Å². The van der Waals surface area contributed by atoms with Gasteiger partial charge >= 0.3 is 0 Å². The number of hydrogen-bond acceptors (Lipinski definition) is 5. The quantitative estimate of drug-likeness (QED) is 0.858. The molecule has 26 heavy (non-hydrogen) atoms. The molecule has 1 N–H and O–H groups in total. The first-order valence-corrected chi connectivity index (χ1v) is 8.84. The average Bonchev–Trinajstić information content (AvgIpc) is 2.60.